The molecule has 1 aliphatic rings. The number of aromatic nitrogens is 1. The van der Waals surface area contributed by atoms with Crippen molar-refractivity contribution in [2.45, 2.75) is 58.3 Å². The second-order valence-corrected chi connectivity index (χ2v) is 9.03. The minimum Gasteiger partial charge on any atom is -0.252 e. The average molecular weight is 362 g/mol. The van der Waals surface area contributed by atoms with Crippen LogP contribution < -0.4 is 0 Å². The third-order valence-electron chi connectivity index (χ3n) is 5.61. The molecule has 140 valence electrons. The van der Waals surface area contributed by atoms with Crippen molar-refractivity contribution in [1.29, 1.82) is 0 Å². The summed E-state index contributed by atoms with van der Waals surface area (Å²) in [5, 5.41) is 1.17. The van der Waals surface area contributed by atoms with E-state index in [9.17, 15) is 4.39 Å². The molecule has 2 aromatic carbocycles. The molecule has 0 aliphatic heterocycles. The van der Waals surface area contributed by atoms with Gasteiger partial charge in [-0.2, -0.15) is 0 Å². The Kier molecular flexibility index (Phi) is 4.53. The Hall–Kier alpha value is -2.22. The zero-order valence-electron chi connectivity index (χ0n) is 16.7. The lowest BCUT2D eigenvalue weighted by Gasteiger charge is -2.32. The second-order valence-electron chi connectivity index (χ2n) is 9.03. The van der Waals surface area contributed by atoms with Crippen LogP contribution in [0, 0.1) is 11.7 Å². The predicted octanol–water partition coefficient (Wildman–Crippen LogP) is 7.24. The van der Waals surface area contributed by atoms with Gasteiger partial charge in [-0.05, 0) is 65.5 Å². The molecule has 0 amide bonds. The minimum absolute atomic E-state index is 0.00679. The number of halogens is 1. The van der Waals surface area contributed by atoms with E-state index in [2.05, 4.69) is 52.0 Å². The standard InChI is InChI=1S/C25H28FN/c1-16(2)15-25(3,4)23-22(17-11-13-19(26)14-12-17)20-7-5-6-8-21(20)27-24(23)18-9-10-18/h5-8,11-14,16,18H,9-10,15H2,1-4H3. The zero-order chi connectivity index (χ0) is 19.2. The number of benzene rings is 2. The van der Waals surface area contributed by atoms with Crippen LogP contribution in [-0.2, 0) is 5.41 Å². The summed E-state index contributed by atoms with van der Waals surface area (Å²) in [5.41, 5.74) is 6.01. The zero-order valence-corrected chi connectivity index (χ0v) is 16.7. The monoisotopic (exact) mass is 361 g/mol. The molecule has 3 aromatic rings. The molecule has 27 heavy (non-hydrogen) atoms. The molecule has 1 aliphatic carbocycles. The van der Waals surface area contributed by atoms with Crippen LogP contribution in [0.2, 0.25) is 0 Å². The van der Waals surface area contributed by atoms with E-state index < -0.39 is 0 Å². The van der Waals surface area contributed by atoms with E-state index in [0.717, 1.165) is 17.5 Å². The fraction of sp³-hybridized carbons (Fsp3) is 0.400. The third-order valence-corrected chi connectivity index (χ3v) is 5.61. The highest BCUT2D eigenvalue weighted by atomic mass is 19.1. The van der Waals surface area contributed by atoms with Gasteiger partial charge >= 0.3 is 0 Å². The van der Waals surface area contributed by atoms with E-state index in [4.69, 9.17) is 4.98 Å². The smallest absolute Gasteiger partial charge is 0.123 e. The summed E-state index contributed by atoms with van der Waals surface area (Å²) >= 11 is 0. The van der Waals surface area contributed by atoms with E-state index >= 15 is 0 Å². The van der Waals surface area contributed by atoms with Gasteiger partial charge in [-0.25, -0.2) is 4.39 Å². The van der Waals surface area contributed by atoms with Crippen molar-refractivity contribution in [1.82, 2.24) is 4.98 Å². The predicted molar refractivity (Wildman–Crippen MR) is 112 cm³/mol. The normalized spacial score (nSPS) is 14.9. The van der Waals surface area contributed by atoms with Crippen molar-refractivity contribution in [3.05, 3.63) is 65.6 Å². The SMILES string of the molecule is CC(C)CC(C)(C)c1c(C2CC2)nc2ccccc2c1-c1ccc(F)cc1. The van der Waals surface area contributed by atoms with Gasteiger partial charge in [0.05, 0.1) is 5.52 Å². The first kappa shape index (κ1) is 18.2. The second kappa shape index (κ2) is 6.74. The van der Waals surface area contributed by atoms with Crippen LogP contribution in [0.15, 0.2) is 48.5 Å². The van der Waals surface area contributed by atoms with E-state index in [1.807, 2.05) is 12.1 Å². The van der Waals surface area contributed by atoms with Gasteiger partial charge in [-0.3, -0.25) is 4.98 Å². The molecule has 0 N–H and O–H groups in total. The molecule has 2 heteroatoms. The fourth-order valence-corrected chi connectivity index (χ4v) is 4.61. The largest absolute Gasteiger partial charge is 0.252 e. The van der Waals surface area contributed by atoms with Gasteiger partial charge in [0.15, 0.2) is 0 Å². The molecule has 1 fully saturated rings. The molecule has 0 radical (unpaired) electrons. The summed E-state index contributed by atoms with van der Waals surface area (Å²) < 4.78 is 13.6. The Morgan fingerprint density at radius 2 is 1.70 bits per heavy atom. The van der Waals surface area contributed by atoms with Crippen LogP contribution in [0.5, 0.6) is 0 Å². The third kappa shape index (κ3) is 3.50. The molecule has 0 atom stereocenters. The molecule has 4 rings (SSSR count). The van der Waals surface area contributed by atoms with Gasteiger partial charge in [-0.15, -0.1) is 0 Å². The number of fused-ring (bicyclic) bond motifs is 1. The van der Waals surface area contributed by atoms with Crippen molar-refractivity contribution >= 4 is 10.9 Å². The quantitative estimate of drug-likeness (QED) is 0.466. The van der Waals surface area contributed by atoms with Crippen molar-refractivity contribution in [3.8, 4) is 11.1 Å². The molecule has 1 aromatic heterocycles. The molecule has 1 saturated carbocycles. The Balaban J connectivity index is 2.07. The maximum atomic E-state index is 13.6. The van der Waals surface area contributed by atoms with Gasteiger partial charge < -0.3 is 0 Å². The van der Waals surface area contributed by atoms with Gasteiger partial charge in [0, 0.05) is 17.0 Å². The topological polar surface area (TPSA) is 12.9 Å². The molecular formula is C25H28FN. The lowest BCUT2D eigenvalue weighted by Crippen LogP contribution is -2.24. The van der Waals surface area contributed by atoms with Gasteiger partial charge in [0.1, 0.15) is 5.82 Å². The van der Waals surface area contributed by atoms with E-state index in [0.29, 0.717) is 11.8 Å². The molecule has 0 spiro atoms. The Morgan fingerprint density at radius 3 is 2.33 bits per heavy atom. The Labute approximate surface area is 161 Å². The summed E-state index contributed by atoms with van der Waals surface area (Å²) in [4.78, 5) is 5.14. The highest BCUT2D eigenvalue weighted by Crippen LogP contribution is 2.49. The summed E-state index contributed by atoms with van der Waals surface area (Å²) in [6.07, 6.45) is 3.54. The van der Waals surface area contributed by atoms with Crippen molar-refractivity contribution in [2.24, 2.45) is 5.92 Å². The van der Waals surface area contributed by atoms with Gasteiger partial charge in [0.2, 0.25) is 0 Å². The summed E-state index contributed by atoms with van der Waals surface area (Å²) in [5.74, 6) is 0.970. The number of pyridine rings is 1. The lowest BCUT2D eigenvalue weighted by molar-refractivity contribution is 0.397. The fourth-order valence-electron chi connectivity index (χ4n) is 4.61. The van der Waals surface area contributed by atoms with Crippen LogP contribution in [-0.4, -0.2) is 4.98 Å². The minimum atomic E-state index is -0.192. The summed E-state index contributed by atoms with van der Waals surface area (Å²) in [6, 6.07) is 15.4. The molecule has 1 heterocycles. The number of rotatable bonds is 5. The van der Waals surface area contributed by atoms with Gasteiger partial charge in [0.25, 0.3) is 0 Å². The first-order valence-electron chi connectivity index (χ1n) is 10.1. The molecular weight excluding hydrogens is 333 g/mol. The number of hydrogen-bond donors (Lipinski definition) is 0. The van der Waals surface area contributed by atoms with Crippen LogP contribution in [0.4, 0.5) is 4.39 Å². The Morgan fingerprint density at radius 1 is 1.04 bits per heavy atom. The average Bonchev–Trinajstić information content (AvgIpc) is 3.45. The van der Waals surface area contributed by atoms with Crippen molar-refractivity contribution < 1.29 is 4.39 Å². The molecule has 1 nitrogen and oxygen atoms in total. The molecule has 0 saturated heterocycles. The van der Waals surface area contributed by atoms with E-state index in [1.165, 1.54) is 35.0 Å². The lowest BCUT2D eigenvalue weighted by atomic mass is 9.72. The number of hydrogen-bond acceptors (Lipinski definition) is 1. The van der Waals surface area contributed by atoms with Crippen LogP contribution in [0.1, 0.15) is 64.1 Å². The van der Waals surface area contributed by atoms with E-state index in [-0.39, 0.29) is 11.2 Å². The molecule has 0 unspecified atom stereocenters. The maximum Gasteiger partial charge on any atom is 0.123 e. The first-order chi connectivity index (χ1) is 12.9. The van der Waals surface area contributed by atoms with Crippen LogP contribution in [0.25, 0.3) is 22.0 Å². The highest BCUT2D eigenvalue weighted by molar-refractivity contribution is 5.97. The van der Waals surface area contributed by atoms with Crippen LogP contribution >= 0.6 is 0 Å². The number of nitrogens with zero attached hydrogens (tertiary/aromatic N) is 1. The Bertz CT molecular complexity index is 966. The van der Waals surface area contributed by atoms with Gasteiger partial charge in [-0.1, -0.05) is 58.0 Å². The molecule has 0 bridgehead atoms. The number of para-hydroxylation sites is 1. The van der Waals surface area contributed by atoms with Crippen molar-refractivity contribution in [2.75, 3.05) is 0 Å². The first-order valence-corrected chi connectivity index (χ1v) is 10.1. The summed E-state index contributed by atoms with van der Waals surface area (Å²) in [6.45, 7) is 9.25. The van der Waals surface area contributed by atoms with E-state index in [1.54, 1.807) is 12.1 Å². The van der Waals surface area contributed by atoms with Crippen molar-refractivity contribution in [3.63, 3.8) is 0 Å². The highest BCUT2D eigenvalue weighted by Gasteiger charge is 2.36. The van der Waals surface area contributed by atoms with Crippen LogP contribution in [0.3, 0.4) is 0 Å². The maximum absolute atomic E-state index is 13.6. The summed E-state index contributed by atoms with van der Waals surface area (Å²) in [7, 11) is 0.